The van der Waals surface area contributed by atoms with Crippen molar-refractivity contribution in [2.24, 2.45) is 0 Å². The topological polar surface area (TPSA) is 29.6 Å². The summed E-state index contributed by atoms with van der Waals surface area (Å²) in [6, 6.07) is 8.05. The first-order valence-corrected chi connectivity index (χ1v) is 3.98. The van der Waals surface area contributed by atoms with Gasteiger partial charge in [0.1, 0.15) is 12.2 Å². The quantitative estimate of drug-likeness (QED) is 0.488. The highest BCUT2D eigenvalue weighted by Gasteiger charge is 2.39. The highest BCUT2D eigenvalue weighted by Crippen LogP contribution is 2.37. The summed E-state index contributed by atoms with van der Waals surface area (Å²) >= 11 is 0. The van der Waals surface area contributed by atoms with E-state index in [9.17, 15) is 4.79 Å². The SMILES string of the molecule is Cc1cccc(C2O[C@@H]2C=O)c1. The summed E-state index contributed by atoms with van der Waals surface area (Å²) in [6.45, 7) is 2.03. The van der Waals surface area contributed by atoms with Crippen molar-refractivity contribution >= 4 is 6.29 Å². The highest BCUT2D eigenvalue weighted by atomic mass is 16.6. The number of ether oxygens (including phenoxy) is 1. The molecule has 1 aromatic carbocycles. The van der Waals surface area contributed by atoms with Crippen molar-refractivity contribution in [2.45, 2.75) is 19.1 Å². The fourth-order valence-electron chi connectivity index (χ4n) is 1.34. The summed E-state index contributed by atoms with van der Waals surface area (Å²) in [4.78, 5) is 10.3. The second kappa shape index (κ2) is 2.72. The Labute approximate surface area is 71.2 Å². The lowest BCUT2D eigenvalue weighted by molar-refractivity contribution is -0.108. The first kappa shape index (κ1) is 7.50. The number of rotatable bonds is 2. The molecule has 0 aromatic heterocycles. The van der Waals surface area contributed by atoms with Crippen LogP contribution in [0.25, 0.3) is 0 Å². The minimum absolute atomic E-state index is 0.0161. The van der Waals surface area contributed by atoms with E-state index in [1.54, 1.807) is 0 Å². The van der Waals surface area contributed by atoms with Crippen molar-refractivity contribution in [3.05, 3.63) is 35.4 Å². The maximum Gasteiger partial charge on any atom is 0.151 e. The summed E-state index contributed by atoms with van der Waals surface area (Å²) in [5.74, 6) is 0. The van der Waals surface area contributed by atoms with Crippen molar-refractivity contribution in [2.75, 3.05) is 0 Å². The molecule has 0 saturated carbocycles. The number of benzene rings is 1. The summed E-state index contributed by atoms with van der Waals surface area (Å²) in [5.41, 5.74) is 2.31. The van der Waals surface area contributed by atoms with Crippen molar-refractivity contribution in [1.29, 1.82) is 0 Å². The van der Waals surface area contributed by atoms with Gasteiger partial charge in [0.05, 0.1) is 0 Å². The molecule has 0 aliphatic carbocycles. The van der Waals surface area contributed by atoms with Gasteiger partial charge in [0.15, 0.2) is 6.29 Å². The van der Waals surface area contributed by atoms with Crippen LogP contribution in [0.2, 0.25) is 0 Å². The fraction of sp³-hybridized carbons (Fsp3) is 0.300. The first-order valence-electron chi connectivity index (χ1n) is 3.98. The molecule has 0 N–H and O–H groups in total. The van der Waals surface area contributed by atoms with E-state index in [2.05, 4.69) is 0 Å². The minimum atomic E-state index is -0.202. The molecule has 0 bridgehead atoms. The van der Waals surface area contributed by atoms with Gasteiger partial charge >= 0.3 is 0 Å². The van der Waals surface area contributed by atoms with Gasteiger partial charge in [-0.15, -0.1) is 0 Å². The second-order valence-electron chi connectivity index (χ2n) is 3.07. The summed E-state index contributed by atoms with van der Waals surface area (Å²) < 4.78 is 5.14. The maximum atomic E-state index is 10.3. The van der Waals surface area contributed by atoms with Crippen LogP contribution in [0.15, 0.2) is 24.3 Å². The third-order valence-electron chi connectivity index (χ3n) is 2.03. The van der Waals surface area contributed by atoms with Crippen molar-refractivity contribution < 1.29 is 9.53 Å². The van der Waals surface area contributed by atoms with Gasteiger partial charge in [-0.05, 0) is 12.5 Å². The molecule has 2 rings (SSSR count). The van der Waals surface area contributed by atoms with E-state index in [-0.39, 0.29) is 12.2 Å². The van der Waals surface area contributed by atoms with Gasteiger partial charge < -0.3 is 9.53 Å². The molecule has 1 unspecified atom stereocenters. The minimum Gasteiger partial charge on any atom is -0.357 e. The van der Waals surface area contributed by atoms with Gasteiger partial charge in [0, 0.05) is 0 Å². The Balaban J connectivity index is 2.19. The van der Waals surface area contributed by atoms with Crippen molar-refractivity contribution in [1.82, 2.24) is 0 Å². The monoisotopic (exact) mass is 162 g/mol. The van der Waals surface area contributed by atoms with Crippen LogP contribution in [0.1, 0.15) is 17.2 Å². The number of epoxide rings is 1. The van der Waals surface area contributed by atoms with Gasteiger partial charge in [-0.25, -0.2) is 0 Å². The lowest BCUT2D eigenvalue weighted by atomic mass is 10.1. The maximum absolute atomic E-state index is 10.3. The normalized spacial score (nSPS) is 26.8. The van der Waals surface area contributed by atoms with Crippen molar-refractivity contribution in [3.8, 4) is 0 Å². The van der Waals surface area contributed by atoms with Crippen LogP contribution in [0, 0.1) is 6.92 Å². The van der Waals surface area contributed by atoms with Gasteiger partial charge in [-0.2, -0.15) is 0 Å². The van der Waals surface area contributed by atoms with Gasteiger partial charge in [0.2, 0.25) is 0 Å². The van der Waals surface area contributed by atoms with Crippen LogP contribution < -0.4 is 0 Å². The van der Waals surface area contributed by atoms with Crippen LogP contribution in [0.5, 0.6) is 0 Å². The van der Waals surface area contributed by atoms with E-state index < -0.39 is 0 Å². The smallest absolute Gasteiger partial charge is 0.151 e. The summed E-state index contributed by atoms with van der Waals surface area (Å²) in [6.07, 6.45) is 0.668. The molecule has 1 aliphatic heterocycles. The average molecular weight is 162 g/mol. The van der Waals surface area contributed by atoms with E-state index in [1.165, 1.54) is 5.56 Å². The fourth-order valence-corrected chi connectivity index (χ4v) is 1.34. The Kier molecular flexibility index (Phi) is 1.70. The zero-order valence-electron chi connectivity index (χ0n) is 6.86. The predicted octanol–water partition coefficient (Wildman–Crippen LogP) is 1.63. The Morgan fingerprint density at radius 1 is 1.50 bits per heavy atom. The number of aryl methyl sites for hydroxylation is 1. The third kappa shape index (κ3) is 1.25. The molecule has 1 saturated heterocycles. The van der Waals surface area contributed by atoms with Crippen molar-refractivity contribution in [3.63, 3.8) is 0 Å². The zero-order chi connectivity index (χ0) is 8.55. The van der Waals surface area contributed by atoms with E-state index in [0.717, 1.165) is 11.8 Å². The highest BCUT2D eigenvalue weighted by molar-refractivity contribution is 5.61. The lowest BCUT2D eigenvalue weighted by Gasteiger charge is -1.95. The van der Waals surface area contributed by atoms with Gasteiger partial charge in [-0.1, -0.05) is 29.8 Å². The molecule has 1 heterocycles. The van der Waals surface area contributed by atoms with E-state index in [0.29, 0.717) is 0 Å². The Morgan fingerprint density at radius 3 is 2.92 bits per heavy atom. The van der Waals surface area contributed by atoms with Crippen LogP contribution in [-0.2, 0) is 9.53 Å². The molecule has 0 spiro atoms. The van der Waals surface area contributed by atoms with E-state index in [1.807, 2.05) is 31.2 Å². The molecule has 0 amide bonds. The lowest BCUT2D eigenvalue weighted by Crippen LogP contribution is -1.89. The number of hydrogen-bond acceptors (Lipinski definition) is 2. The third-order valence-corrected chi connectivity index (χ3v) is 2.03. The molecular weight excluding hydrogens is 152 g/mol. The number of hydrogen-bond donors (Lipinski definition) is 0. The molecule has 2 atom stereocenters. The molecule has 2 heteroatoms. The van der Waals surface area contributed by atoms with Gasteiger partial charge in [-0.3, -0.25) is 0 Å². The molecule has 62 valence electrons. The van der Waals surface area contributed by atoms with E-state index in [4.69, 9.17) is 4.74 Å². The summed E-state index contributed by atoms with van der Waals surface area (Å²) in [5, 5.41) is 0. The molecule has 1 fully saturated rings. The molecule has 1 aliphatic rings. The van der Waals surface area contributed by atoms with Crippen LogP contribution in [0.3, 0.4) is 0 Å². The molecular formula is C10H10O2. The molecule has 1 aromatic rings. The molecule has 2 nitrogen and oxygen atoms in total. The molecule has 0 radical (unpaired) electrons. The van der Waals surface area contributed by atoms with Crippen LogP contribution >= 0.6 is 0 Å². The number of aldehydes is 1. The van der Waals surface area contributed by atoms with Crippen LogP contribution in [-0.4, -0.2) is 12.4 Å². The van der Waals surface area contributed by atoms with Crippen LogP contribution in [0.4, 0.5) is 0 Å². The standard InChI is InChI=1S/C10H10O2/c1-7-3-2-4-8(5-7)10-9(6-11)12-10/h2-6,9-10H,1H3/t9-,10?/m1/s1. The first-order chi connectivity index (χ1) is 5.81. The second-order valence-corrected chi connectivity index (χ2v) is 3.07. The van der Waals surface area contributed by atoms with Gasteiger partial charge in [0.25, 0.3) is 0 Å². The number of carbonyl (C=O) groups is 1. The Hall–Kier alpha value is -1.15. The zero-order valence-corrected chi connectivity index (χ0v) is 6.86. The number of carbonyl (C=O) groups excluding carboxylic acids is 1. The largest absolute Gasteiger partial charge is 0.357 e. The Morgan fingerprint density at radius 2 is 2.33 bits per heavy atom. The van der Waals surface area contributed by atoms with E-state index >= 15 is 0 Å². The summed E-state index contributed by atoms with van der Waals surface area (Å²) in [7, 11) is 0. The molecule has 12 heavy (non-hydrogen) atoms. The predicted molar refractivity (Wildman–Crippen MR) is 44.9 cm³/mol. The average Bonchev–Trinajstić information content (AvgIpc) is 2.83. The Bertz CT molecular complexity index is 306.